The fraction of sp³-hybridized carbons (Fsp3) is 1.00. The van der Waals surface area contributed by atoms with Crippen LogP contribution in [0.25, 0.3) is 0 Å². The molecular weight excluding hydrogens is 137 g/mol. The standard InChI is InChI=1S/C5H14NO2P/c1-3-4-6(2)5-9(7)8/h7-8H,3-5H2,1-2H3. The van der Waals surface area contributed by atoms with Crippen molar-refractivity contribution in [2.24, 2.45) is 0 Å². The molecule has 0 radical (unpaired) electrons. The third-order valence-electron chi connectivity index (χ3n) is 0.973. The molecule has 0 aliphatic carbocycles. The van der Waals surface area contributed by atoms with Gasteiger partial charge >= 0.3 is 0 Å². The fourth-order valence-electron chi connectivity index (χ4n) is 0.668. The summed E-state index contributed by atoms with van der Waals surface area (Å²) in [4.78, 5) is 19.0. The maximum Gasteiger partial charge on any atom is 0.180 e. The highest BCUT2D eigenvalue weighted by molar-refractivity contribution is 7.44. The Morgan fingerprint density at radius 1 is 1.44 bits per heavy atom. The zero-order chi connectivity index (χ0) is 7.28. The zero-order valence-electron chi connectivity index (χ0n) is 5.91. The molecule has 2 N–H and O–H groups in total. The summed E-state index contributed by atoms with van der Waals surface area (Å²) in [5.74, 6) is 0. The molecule has 3 nitrogen and oxygen atoms in total. The first kappa shape index (κ1) is 9.31. The third-order valence-corrected chi connectivity index (χ3v) is 1.71. The van der Waals surface area contributed by atoms with Gasteiger partial charge in [-0.1, -0.05) is 6.92 Å². The molecule has 0 atom stereocenters. The van der Waals surface area contributed by atoms with E-state index in [0.717, 1.165) is 13.0 Å². The van der Waals surface area contributed by atoms with Gasteiger partial charge in [-0.05, 0) is 20.0 Å². The Kier molecular flexibility index (Phi) is 5.30. The minimum Gasteiger partial charge on any atom is -0.349 e. The molecule has 0 fully saturated rings. The molecule has 0 rings (SSSR count). The van der Waals surface area contributed by atoms with E-state index in [1.807, 2.05) is 11.9 Å². The van der Waals surface area contributed by atoms with Gasteiger partial charge in [0.2, 0.25) is 0 Å². The Morgan fingerprint density at radius 2 is 2.00 bits per heavy atom. The van der Waals surface area contributed by atoms with Crippen LogP contribution in [0.2, 0.25) is 0 Å². The van der Waals surface area contributed by atoms with Crippen molar-refractivity contribution in [3.05, 3.63) is 0 Å². The van der Waals surface area contributed by atoms with E-state index >= 15 is 0 Å². The molecule has 0 aromatic heterocycles. The number of hydrogen-bond donors (Lipinski definition) is 2. The summed E-state index contributed by atoms with van der Waals surface area (Å²) in [5, 5.41) is 0. The summed E-state index contributed by atoms with van der Waals surface area (Å²) in [7, 11) is 0.155. The number of nitrogens with zero attached hydrogens (tertiary/aromatic N) is 1. The highest BCUT2D eigenvalue weighted by atomic mass is 31.2. The first-order valence-electron chi connectivity index (χ1n) is 3.00. The van der Waals surface area contributed by atoms with Crippen LogP contribution in [0.1, 0.15) is 13.3 Å². The Labute approximate surface area is 57.2 Å². The molecule has 9 heavy (non-hydrogen) atoms. The number of rotatable bonds is 4. The molecule has 0 saturated heterocycles. The summed E-state index contributed by atoms with van der Waals surface area (Å²) in [6, 6.07) is 0. The van der Waals surface area contributed by atoms with Gasteiger partial charge in [-0.25, -0.2) is 0 Å². The molecular formula is C5H14NO2P. The lowest BCUT2D eigenvalue weighted by Gasteiger charge is -2.14. The van der Waals surface area contributed by atoms with Crippen LogP contribution < -0.4 is 0 Å². The van der Waals surface area contributed by atoms with Crippen LogP contribution >= 0.6 is 8.38 Å². The van der Waals surface area contributed by atoms with Crippen molar-refractivity contribution < 1.29 is 9.79 Å². The number of hydrogen-bond acceptors (Lipinski definition) is 3. The van der Waals surface area contributed by atoms with Crippen LogP contribution in [-0.4, -0.2) is 34.6 Å². The van der Waals surface area contributed by atoms with Crippen LogP contribution in [0, 0.1) is 0 Å². The maximum absolute atomic E-state index is 8.53. The Morgan fingerprint density at radius 3 is 2.33 bits per heavy atom. The second kappa shape index (κ2) is 5.12. The van der Waals surface area contributed by atoms with Gasteiger partial charge in [-0.3, -0.25) is 4.90 Å². The van der Waals surface area contributed by atoms with Gasteiger partial charge in [0.1, 0.15) is 0 Å². The van der Waals surface area contributed by atoms with E-state index < -0.39 is 8.38 Å². The second-order valence-electron chi connectivity index (χ2n) is 2.09. The lowest BCUT2D eigenvalue weighted by molar-refractivity contribution is 0.357. The molecule has 0 aromatic rings. The SMILES string of the molecule is CCCN(C)CP(O)O. The topological polar surface area (TPSA) is 43.7 Å². The molecule has 0 aromatic carbocycles. The molecule has 0 heterocycles. The smallest absolute Gasteiger partial charge is 0.180 e. The third kappa shape index (κ3) is 6.19. The van der Waals surface area contributed by atoms with E-state index in [9.17, 15) is 0 Å². The molecule has 56 valence electrons. The predicted octanol–water partition coefficient (Wildman–Crippen LogP) is 0.582. The van der Waals surface area contributed by atoms with Crippen molar-refractivity contribution in [2.45, 2.75) is 13.3 Å². The summed E-state index contributed by atoms with van der Waals surface area (Å²) in [6.07, 6.45) is 1.46. The minimum absolute atomic E-state index is 0.406. The maximum atomic E-state index is 8.53. The van der Waals surface area contributed by atoms with E-state index in [4.69, 9.17) is 9.79 Å². The molecule has 0 aliphatic heterocycles. The summed E-state index contributed by atoms with van der Waals surface area (Å²) < 4.78 is 0. The highest BCUT2D eigenvalue weighted by Gasteiger charge is 2.01. The lowest BCUT2D eigenvalue weighted by Crippen LogP contribution is -2.18. The Balaban J connectivity index is 3.15. The van der Waals surface area contributed by atoms with E-state index in [1.165, 1.54) is 0 Å². The van der Waals surface area contributed by atoms with E-state index in [2.05, 4.69) is 6.92 Å². The average molecular weight is 151 g/mol. The van der Waals surface area contributed by atoms with Gasteiger partial charge in [0.25, 0.3) is 0 Å². The first-order valence-corrected chi connectivity index (χ1v) is 4.44. The van der Waals surface area contributed by atoms with Crippen LogP contribution in [0.15, 0.2) is 0 Å². The largest absolute Gasteiger partial charge is 0.349 e. The van der Waals surface area contributed by atoms with Crippen molar-refractivity contribution in [2.75, 3.05) is 19.9 Å². The van der Waals surface area contributed by atoms with E-state index in [-0.39, 0.29) is 0 Å². The summed E-state index contributed by atoms with van der Waals surface area (Å²) in [6.45, 7) is 2.99. The molecule has 0 aliphatic rings. The van der Waals surface area contributed by atoms with Crippen LogP contribution in [0.3, 0.4) is 0 Å². The predicted molar refractivity (Wildman–Crippen MR) is 39.1 cm³/mol. The van der Waals surface area contributed by atoms with Crippen molar-refractivity contribution in [1.29, 1.82) is 0 Å². The minimum atomic E-state index is -1.73. The normalized spacial score (nSPS) is 11.3. The van der Waals surface area contributed by atoms with Gasteiger partial charge < -0.3 is 9.79 Å². The average Bonchev–Trinajstić information content (AvgIpc) is 1.63. The Hall–Kier alpha value is 0.310. The zero-order valence-corrected chi connectivity index (χ0v) is 6.80. The van der Waals surface area contributed by atoms with Gasteiger partial charge in [0.15, 0.2) is 8.38 Å². The van der Waals surface area contributed by atoms with Crippen LogP contribution in [0.5, 0.6) is 0 Å². The molecule has 0 amide bonds. The molecule has 0 bridgehead atoms. The molecule has 0 unspecified atom stereocenters. The highest BCUT2D eigenvalue weighted by Crippen LogP contribution is 2.22. The molecule has 0 saturated carbocycles. The van der Waals surface area contributed by atoms with Crippen molar-refractivity contribution in [3.8, 4) is 0 Å². The molecule has 4 heteroatoms. The van der Waals surface area contributed by atoms with Crippen molar-refractivity contribution >= 4 is 8.38 Å². The van der Waals surface area contributed by atoms with Gasteiger partial charge in [0, 0.05) is 0 Å². The second-order valence-corrected chi connectivity index (χ2v) is 3.12. The summed E-state index contributed by atoms with van der Waals surface area (Å²) >= 11 is 0. The van der Waals surface area contributed by atoms with Crippen molar-refractivity contribution in [1.82, 2.24) is 4.90 Å². The van der Waals surface area contributed by atoms with E-state index in [0.29, 0.717) is 6.29 Å². The monoisotopic (exact) mass is 151 g/mol. The van der Waals surface area contributed by atoms with Gasteiger partial charge in [0.05, 0.1) is 6.29 Å². The quantitative estimate of drug-likeness (QED) is 0.578. The van der Waals surface area contributed by atoms with Crippen LogP contribution in [-0.2, 0) is 0 Å². The Bertz CT molecular complexity index is 70.0. The fourth-order valence-corrected chi connectivity index (χ4v) is 1.24. The van der Waals surface area contributed by atoms with E-state index in [1.54, 1.807) is 0 Å². The molecule has 0 spiro atoms. The lowest BCUT2D eigenvalue weighted by atomic mass is 10.5. The first-order chi connectivity index (χ1) is 4.16. The van der Waals surface area contributed by atoms with Gasteiger partial charge in [-0.2, -0.15) is 0 Å². The summed E-state index contributed by atoms with van der Waals surface area (Å²) in [5.41, 5.74) is 0. The van der Waals surface area contributed by atoms with Crippen LogP contribution in [0.4, 0.5) is 0 Å². The van der Waals surface area contributed by atoms with Crippen molar-refractivity contribution in [3.63, 3.8) is 0 Å². The van der Waals surface area contributed by atoms with Gasteiger partial charge in [-0.15, -0.1) is 0 Å².